The maximum Gasteiger partial charge on any atom is 0.269 e. The van der Waals surface area contributed by atoms with Crippen molar-refractivity contribution < 1.29 is 4.79 Å². The molecule has 0 radical (unpaired) electrons. The van der Waals surface area contributed by atoms with Crippen LogP contribution in [0.25, 0.3) is 0 Å². The number of amides is 1. The van der Waals surface area contributed by atoms with Gasteiger partial charge in [0.2, 0.25) is 0 Å². The summed E-state index contributed by atoms with van der Waals surface area (Å²) in [6.45, 7) is 2.99. The van der Waals surface area contributed by atoms with Crippen LogP contribution in [0, 0.1) is 5.92 Å². The number of halogens is 1. The Morgan fingerprint density at radius 3 is 2.89 bits per heavy atom. The number of carbonyl (C=O) groups excluding carboxylic acids is 1. The van der Waals surface area contributed by atoms with Crippen molar-refractivity contribution in [3.8, 4) is 0 Å². The van der Waals surface area contributed by atoms with E-state index >= 15 is 0 Å². The van der Waals surface area contributed by atoms with Crippen molar-refractivity contribution >= 4 is 21.8 Å². The summed E-state index contributed by atoms with van der Waals surface area (Å²) >= 11 is 3.27. The standard InChI is InChI=1S/C13H18BrN3O/c1-17-7-5-10(6-8-17)9-15-13(18)11-3-2-4-12(14)16-11/h2-4,10H,5-9H2,1H3,(H,15,18). The minimum Gasteiger partial charge on any atom is -0.350 e. The van der Waals surface area contributed by atoms with E-state index in [9.17, 15) is 4.79 Å². The van der Waals surface area contributed by atoms with Crippen LogP contribution in [-0.4, -0.2) is 42.5 Å². The van der Waals surface area contributed by atoms with E-state index in [2.05, 4.69) is 38.2 Å². The summed E-state index contributed by atoms with van der Waals surface area (Å²) in [6.07, 6.45) is 2.31. The van der Waals surface area contributed by atoms with Crippen LogP contribution in [0.15, 0.2) is 22.8 Å². The second kappa shape index (κ2) is 6.29. The molecule has 5 heteroatoms. The molecule has 18 heavy (non-hydrogen) atoms. The zero-order valence-electron chi connectivity index (χ0n) is 10.5. The van der Waals surface area contributed by atoms with E-state index in [1.54, 1.807) is 6.07 Å². The lowest BCUT2D eigenvalue weighted by atomic mass is 9.97. The summed E-state index contributed by atoms with van der Waals surface area (Å²) in [7, 11) is 2.14. The molecule has 1 amide bonds. The van der Waals surface area contributed by atoms with Crippen molar-refractivity contribution in [3.63, 3.8) is 0 Å². The van der Waals surface area contributed by atoms with Gasteiger partial charge in [-0.05, 0) is 67.0 Å². The predicted octanol–water partition coefficient (Wildman–Crippen LogP) is 1.92. The van der Waals surface area contributed by atoms with Gasteiger partial charge in [0.05, 0.1) is 0 Å². The topological polar surface area (TPSA) is 45.2 Å². The predicted molar refractivity (Wildman–Crippen MR) is 74.5 cm³/mol. The maximum atomic E-state index is 11.9. The molecule has 1 N–H and O–H groups in total. The Kier molecular flexibility index (Phi) is 4.72. The molecule has 1 aliphatic heterocycles. The van der Waals surface area contributed by atoms with Gasteiger partial charge >= 0.3 is 0 Å². The largest absolute Gasteiger partial charge is 0.350 e. The number of aromatic nitrogens is 1. The molecule has 0 aromatic carbocycles. The van der Waals surface area contributed by atoms with Gasteiger partial charge in [-0.2, -0.15) is 0 Å². The van der Waals surface area contributed by atoms with Gasteiger partial charge in [0.15, 0.2) is 0 Å². The molecule has 1 aromatic heterocycles. The average Bonchev–Trinajstić information content (AvgIpc) is 2.38. The lowest BCUT2D eigenvalue weighted by Gasteiger charge is -2.28. The number of rotatable bonds is 3. The van der Waals surface area contributed by atoms with Gasteiger partial charge in [-0.15, -0.1) is 0 Å². The zero-order valence-corrected chi connectivity index (χ0v) is 12.1. The molecule has 98 valence electrons. The third kappa shape index (κ3) is 3.78. The molecule has 0 saturated carbocycles. The average molecular weight is 312 g/mol. The minimum atomic E-state index is -0.0878. The first-order valence-corrected chi connectivity index (χ1v) is 7.04. The Bertz CT molecular complexity index is 416. The Morgan fingerprint density at radius 2 is 2.22 bits per heavy atom. The number of hydrogen-bond acceptors (Lipinski definition) is 3. The smallest absolute Gasteiger partial charge is 0.269 e. The van der Waals surface area contributed by atoms with Gasteiger partial charge in [-0.3, -0.25) is 4.79 Å². The molecule has 1 aliphatic rings. The first-order chi connectivity index (χ1) is 8.65. The van der Waals surface area contributed by atoms with Crippen molar-refractivity contribution in [2.75, 3.05) is 26.7 Å². The second-order valence-electron chi connectivity index (χ2n) is 4.80. The van der Waals surface area contributed by atoms with Crippen LogP contribution in [0.5, 0.6) is 0 Å². The fraction of sp³-hybridized carbons (Fsp3) is 0.538. The van der Waals surface area contributed by atoms with Gasteiger partial charge in [0.1, 0.15) is 10.3 Å². The highest BCUT2D eigenvalue weighted by Gasteiger charge is 2.17. The van der Waals surface area contributed by atoms with Crippen LogP contribution in [0.1, 0.15) is 23.3 Å². The molecule has 0 bridgehead atoms. The Hall–Kier alpha value is -0.940. The highest BCUT2D eigenvalue weighted by Crippen LogP contribution is 2.15. The number of nitrogens with one attached hydrogen (secondary N) is 1. The fourth-order valence-electron chi connectivity index (χ4n) is 2.13. The molecular formula is C13H18BrN3O. The summed E-state index contributed by atoms with van der Waals surface area (Å²) in [5.74, 6) is 0.507. The van der Waals surface area contributed by atoms with E-state index in [1.165, 1.54) is 0 Å². The van der Waals surface area contributed by atoms with Crippen LogP contribution in [0.2, 0.25) is 0 Å². The third-order valence-electron chi connectivity index (χ3n) is 3.34. The van der Waals surface area contributed by atoms with Crippen molar-refractivity contribution in [2.45, 2.75) is 12.8 Å². The van der Waals surface area contributed by atoms with Crippen LogP contribution in [-0.2, 0) is 0 Å². The Morgan fingerprint density at radius 1 is 1.50 bits per heavy atom. The van der Waals surface area contributed by atoms with Gasteiger partial charge in [-0.25, -0.2) is 4.98 Å². The van der Waals surface area contributed by atoms with E-state index in [4.69, 9.17) is 0 Å². The molecule has 0 unspecified atom stereocenters. The normalized spacial score (nSPS) is 17.7. The second-order valence-corrected chi connectivity index (χ2v) is 5.61. The maximum absolute atomic E-state index is 11.9. The van der Waals surface area contributed by atoms with E-state index in [-0.39, 0.29) is 5.91 Å². The molecule has 2 rings (SSSR count). The lowest BCUT2D eigenvalue weighted by molar-refractivity contribution is 0.0934. The number of pyridine rings is 1. The summed E-state index contributed by atoms with van der Waals surface area (Å²) < 4.78 is 0.689. The molecule has 2 heterocycles. The highest BCUT2D eigenvalue weighted by atomic mass is 79.9. The van der Waals surface area contributed by atoms with Crippen LogP contribution >= 0.6 is 15.9 Å². The molecule has 0 spiro atoms. The first kappa shape index (κ1) is 13.5. The lowest BCUT2D eigenvalue weighted by Crippen LogP contribution is -2.37. The van der Waals surface area contributed by atoms with Crippen molar-refractivity contribution in [2.24, 2.45) is 5.92 Å². The van der Waals surface area contributed by atoms with E-state index < -0.39 is 0 Å². The summed E-state index contributed by atoms with van der Waals surface area (Å²) in [5, 5.41) is 2.97. The molecule has 1 fully saturated rings. The summed E-state index contributed by atoms with van der Waals surface area (Å²) in [4.78, 5) is 18.4. The van der Waals surface area contributed by atoms with E-state index in [1.807, 2.05) is 12.1 Å². The summed E-state index contributed by atoms with van der Waals surface area (Å²) in [5.41, 5.74) is 0.470. The van der Waals surface area contributed by atoms with Gasteiger partial charge in [-0.1, -0.05) is 6.07 Å². The van der Waals surface area contributed by atoms with Crippen LogP contribution < -0.4 is 5.32 Å². The van der Waals surface area contributed by atoms with Crippen LogP contribution in [0.4, 0.5) is 0 Å². The van der Waals surface area contributed by atoms with Crippen molar-refractivity contribution in [3.05, 3.63) is 28.5 Å². The fourth-order valence-corrected chi connectivity index (χ4v) is 2.47. The van der Waals surface area contributed by atoms with Crippen molar-refractivity contribution in [1.82, 2.24) is 15.2 Å². The third-order valence-corrected chi connectivity index (χ3v) is 3.78. The first-order valence-electron chi connectivity index (χ1n) is 6.24. The van der Waals surface area contributed by atoms with Gasteiger partial charge < -0.3 is 10.2 Å². The number of nitrogens with zero attached hydrogens (tertiary/aromatic N) is 2. The zero-order chi connectivity index (χ0) is 13.0. The minimum absolute atomic E-state index is 0.0878. The molecule has 0 atom stereocenters. The molecule has 0 aliphatic carbocycles. The molecule has 1 aromatic rings. The highest BCUT2D eigenvalue weighted by molar-refractivity contribution is 9.10. The molecular weight excluding hydrogens is 294 g/mol. The van der Waals surface area contributed by atoms with E-state index in [0.717, 1.165) is 32.5 Å². The van der Waals surface area contributed by atoms with Crippen LogP contribution in [0.3, 0.4) is 0 Å². The Labute approximate surface area is 116 Å². The molecule has 4 nitrogen and oxygen atoms in total. The Balaban J connectivity index is 1.81. The quantitative estimate of drug-likeness (QED) is 0.867. The van der Waals surface area contributed by atoms with E-state index in [0.29, 0.717) is 16.2 Å². The van der Waals surface area contributed by atoms with Crippen molar-refractivity contribution in [1.29, 1.82) is 0 Å². The number of carbonyl (C=O) groups is 1. The number of likely N-dealkylation sites (tertiary alicyclic amines) is 1. The van der Waals surface area contributed by atoms with Gasteiger partial charge in [0.25, 0.3) is 5.91 Å². The summed E-state index contributed by atoms with van der Waals surface area (Å²) in [6, 6.07) is 5.37. The monoisotopic (exact) mass is 311 g/mol. The SMILES string of the molecule is CN1CCC(CNC(=O)c2cccc(Br)n2)CC1. The molecule has 1 saturated heterocycles. The number of hydrogen-bond donors (Lipinski definition) is 1. The number of piperidine rings is 1. The van der Waals surface area contributed by atoms with Gasteiger partial charge in [0, 0.05) is 6.54 Å².